The summed E-state index contributed by atoms with van der Waals surface area (Å²) in [6.45, 7) is 27.6. The lowest BCUT2D eigenvalue weighted by Crippen LogP contribution is -2.55. The van der Waals surface area contributed by atoms with E-state index in [2.05, 4.69) is 139 Å². The average molecular weight is 1400 g/mol. The van der Waals surface area contributed by atoms with Gasteiger partial charge in [-0.15, -0.1) is 19.7 Å². The van der Waals surface area contributed by atoms with E-state index in [9.17, 15) is 43.2 Å². The van der Waals surface area contributed by atoms with Gasteiger partial charge in [0.2, 0.25) is 17.7 Å². The van der Waals surface area contributed by atoms with E-state index in [0.29, 0.717) is 97.4 Å². The second-order valence-electron chi connectivity index (χ2n) is 27.5. The Morgan fingerprint density at radius 2 is 0.725 bits per heavy atom. The molecule has 0 radical (unpaired) electrons. The minimum Gasteiger partial charge on any atom is -0.466 e. The number of hydrogen-bond acceptors (Lipinski definition) is 15. The fraction of sp³-hybridized carbons (Fsp3) is 0.500. The Kier molecular flexibility index (Phi) is 25.8. The van der Waals surface area contributed by atoms with E-state index < -0.39 is 18.1 Å². The predicted octanol–water partition coefficient (Wildman–Crippen LogP) is 9.59. The van der Waals surface area contributed by atoms with Crippen LogP contribution in [0.1, 0.15) is 131 Å². The van der Waals surface area contributed by atoms with Crippen LogP contribution in [0.2, 0.25) is 0 Å². The number of carbonyl (C=O) groups excluding carboxylic acids is 9. The Balaban J connectivity index is 0.000000165. The zero-order valence-corrected chi connectivity index (χ0v) is 60.0. The highest BCUT2D eigenvalue weighted by Gasteiger charge is 2.48. The fourth-order valence-electron chi connectivity index (χ4n) is 16.7. The maximum absolute atomic E-state index is 13.7. The van der Waals surface area contributed by atoms with Crippen LogP contribution in [0.25, 0.3) is 32.7 Å². The van der Waals surface area contributed by atoms with Crippen LogP contribution in [0.15, 0.2) is 111 Å². The van der Waals surface area contributed by atoms with E-state index >= 15 is 0 Å². The molecule has 3 fully saturated rings. The molecule has 102 heavy (non-hydrogen) atoms. The molecule has 9 amide bonds. The van der Waals surface area contributed by atoms with Gasteiger partial charge in [-0.1, -0.05) is 54.6 Å². The Bertz CT molecular complexity index is 3640. The van der Waals surface area contributed by atoms with Gasteiger partial charge in [-0.2, -0.15) is 0 Å². The van der Waals surface area contributed by atoms with Crippen molar-refractivity contribution >= 4 is 86.4 Å². The second-order valence-corrected chi connectivity index (χ2v) is 27.5. The van der Waals surface area contributed by atoms with Gasteiger partial charge < -0.3 is 45.1 Å². The number of carbonyl (C=O) groups is 9. The lowest BCUT2D eigenvalue weighted by molar-refractivity contribution is -0.142. The van der Waals surface area contributed by atoms with Gasteiger partial charge >= 0.3 is 36.0 Å². The van der Waals surface area contributed by atoms with Crippen LogP contribution >= 0.6 is 0 Å². The number of imide groups is 3. The Labute approximate surface area is 597 Å². The van der Waals surface area contributed by atoms with Crippen LogP contribution in [0.4, 0.5) is 14.4 Å². The number of benzene rings is 3. The first-order valence-electron chi connectivity index (χ1n) is 36.3. The maximum atomic E-state index is 13.7. The smallest absolute Gasteiger partial charge is 0.324 e. The van der Waals surface area contributed by atoms with E-state index in [1.54, 1.807) is 0 Å². The van der Waals surface area contributed by atoms with Crippen molar-refractivity contribution in [3.63, 3.8) is 0 Å². The minimum atomic E-state index is -0.397. The molecule has 6 N–H and O–H groups in total. The number of urea groups is 3. The van der Waals surface area contributed by atoms with Crippen molar-refractivity contribution in [3.05, 3.63) is 145 Å². The Morgan fingerprint density at radius 1 is 0.451 bits per heavy atom. The number of ether oxygens (including phenoxy) is 3. The normalized spacial score (nSPS) is 21.5. The van der Waals surface area contributed by atoms with Crippen LogP contribution in [0.3, 0.4) is 0 Å². The number of esters is 3. The topological polar surface area (TPSA) is 284 Å². The molecular weight excluding hydrogens is 1300 g/mol. The standard InChI is InChI=1S/3C26H34N4O4/c3*1-4-10-29-16-19(25(32)30(26(33)27-5-2)11-7-12-34-17(3)31)13-21-20-8-6-9-22-24(20)18(15-28-22)14-23(21)29/h3*4,6,8-9,15,19,21,23,28H,1,5,7,10-14,16H2,2-3H3,(H,27,33)/t3*19-,21-,23-/m111/s1. The molecule has 0 spiro atoms. The molecule has 3 aliphatic heterocycles. The van der Waals surface area contributed by atoms with Gasteiger partial charge in [0.1, 0.15) is 0 Å². The Hall–Kier alpha value is -9.39. The third-order valence-corrected chi connectivity index (χ3v) is 20.9. The van der Waals surface area contributed by atoms with Crippen molar-refractivity contribution in [2.75, 3.05) is 98.4 Å². The third-order valence-electron chi connectivity index (χ3n) is 20.9. The summed E-state index contributed by atoms with van der Waals surface area (Å²) in [6.07, 6.45) is 18.1. The van der Waals surface area contributed by atoms with Gasteiger partial charge in [0, 0.05) is 186 Å². The number of rotatable bonds is 24. The van der Waals surface area contributed by atoms with E-state index in [1.807, 2.05) is 39.0 Å². The molecule has 3 aromatic heterocycles. The molecular formula is C78H102N12O12. The first-order valence-corrected chi connectivity index (χ1v) is 36.3. The van der Waals surface area contributed by atoms with Gasteiger partial charge in [-0.3, -0.25) is 58.2 Å². The number of piperidine rings is 3. The Morgan fingerprint density at radius 3 is 0.971 bits per heavy atom. The number of amides is 9. The molecule has 3 aliphatic carbocycles. The summed E-state index contributed by atoms with van der Waals surface area (Å²) >= 11 is 0. The van der Waals surface area contributed by atoms with Crippen molar-refractivity contribution < 1.29 is 57.4 Å². The molecule has 6 aromatic rings. The predicted molar refractivity (Wildman–Crippen MR) is 391 cm³/mol. The van der Waals surface area contributed by atoms with Crippen molar-refractivity contribution in [1.29, 1.82) is 0 Å². The summed E-state index contributed by atoms with van der Waals surface area (Å²) in [5.74, 6) is -1.96. The first-order chi connectivity index (χ1) is 49.3. The lowest BCUT2D eigenvalue weighted by atomic mass is 9.72. The van der Waals surface area contributed by atoms with E-state index in [1.165, 1.54) is 85.0 Å². The number of H-pyrrole nitrogens is 3. The highest BCUT2D eigenvalue weighted by Crippen LogP contribution is 2.48. The zero-order chi connectivity index (χ0) is 72.7. The monoisotopic (exact) mass is 1400 g/mol. The number of aromatic amines is 3. The van der Waals surface area contributed by atoms with E-state index in [-0.39, 0.29) is 129 Å². The van der Waals surface area contributed by atoms with E-state index in [0.717, 1.165) is 35.8 Å². The van der Waals surface area contributed by atoms with Crippen LogP contribution in [0, 0.1) is 17.8 Å². The van der Waals surface area contributed by atoms with Crippen molar-refractivity contribution in [2.24, 2.45) is 17.8 Å². The number of nitrogens with one attached hydrogen (secondary N) is 6. The quantitative estimate of drug-likeness (QED) is 0.0142. The highest BCUT2D eigenvalue weighted by molar-refractivity contribution is 5.98. The molecule has 546 valence electrons. The van der Waals surface area contributed by atoms with Gasteiger partial charge in [0.15, 0.2) is 0 Å². The molecule has 9 atom stereocenters. The summed E-state index contributed by atoms with van der Waals surface area (Å²) < 4.78 is 15.0. The number of aromatic nitrogens is 3. The maximum Gasteiger partial charge on any atom is 0.324 e. The molecule has 6 heterocycles. The first kappa shape index (κ1) is 75.3. The molecule has 3 aromatic carbocycles. The molecule has 0 bridgehead atoms. The second kappa shape index (κ2) is 35.0. The molecule has 6 aliphatic rings. The number of likely N-dealkylation sites (tertiary alicyclic amines) is 3. The van der Waals surface area contributed by atoms with Crippen LogP contribution < -0.4 is 16.0 Å². The van der Waals surface area contributed by atoms with E-state index in [4.69, 9.17) is 14.2 Å². The minimum absolute atomic E-state index is 0.173. The molecule has 0 saturated carbocycles. The summed E-state index contributed by atoms with van der Waals surface area (Å²) in [5.41, 5.74) is 11.2. The molecule has 3 saturated heterocycles. The van der Waals surface area contributed by atoms with Gasteiger partial charge in [0.05, 0.1) is 37.6 Å². The fourth-order valence-corrected chi connectivity index (χ4v) is 16.7. The van der Waals surface area contributed by atoms with Gasteiger partial charge in [-0.25, -0.2) is 14.4 Å². The number of fused-ring (bicyclic) bond motifs is 6. The van der Waals surface area contributed by atoms with Gasteiger partial charge in [-0.05, 0) is 130 Å². The molecule has 0 unspecified atom stereocenters. The molecule has 12 rings (SSSR count). The van der Waals surface area contributed by atoms with Crippen LogP contribution in [0.5, 0.6) is 0 Å². The van der Waals surface area contributed by atoms with Crippen molar-refractivity contribution in [2.45, 2.75) is 135 Å². The zero-order valence-electron chi connectivity index (χ0n) is 60.0. The van der Waals surface area contributed by atoms with Crippen LogP contribution in [-0.4, -0.2) is 215 Å². The van der Waals surface area contributed by atoms with Crippen molar-refractivity contribution in [1.82, 2.24) is 60.3 Å². The summed E-state index contributed by atoms with van der Waals surface area (Å²) in [7, 11) is 0. The summed E-state index contributed by atoms with van der Waals surface area (Å²) in [5, 5.41) is 12.1. The summed E-state index contributed by atoms with van der Waals surface area (Å²) in [4.78, 5) is 134. The largest absolute Gasteiger partial charge is 0.466 e. The molecule has 24 heteroatoms. The SMILES string of the molecule is C=CCN1C[C@H](C(=O)N(CCCOC(C)=O)C(=O)NCC)C[C@@H]2c3cccc4[nH]cc(c34)C[C@H]21.C=CCN1C[C@H](C(=O)N(CCCOC(C)=O)C(=O)NCC)C[C@@H]2c3cccc4[nH]cc(c34)C[C@H]21.C=CCN1C[C@H](C(=O)N(CCCOC(C)=O)C(=O)NCC)C[C@@H]2c3cccc4[nH]cc(c34)C[C@H]21. The lowest BCUT2D eigenvalue weighted by Gasteiger charge is -2.47. The highest BCUT2D eigenvalue weighted by atomic mass is 16.5. The number of hydrogen-bond donors (Lipinski definition) is 6. The molecule has 24 nitrogen and oxygen atoms in total. The summed E-state index contributed by atoms with van der Waals surface area (Å²) in [6, 6.07) is 18.7. The third kappa shape index (κ3) is 17.0. The average Bonchev–Trinajstić information content (AvgIpc) is 1.45. The van der Waals surface area contributed by atoms with Crippen LogP contribution in [-0.2, 0) is 62.2 Å². The number of nitrogens with zero attached hydrogens (tertiary/aromatic N) is 6. The van der Waals surface area contributed by atoms with Gasteiger partial charge in [0.25, 0.3) is 0 Å². The van der Waals surface area contributed by atoms with Crippen molar-refractivity contribution in [3.8, 4) is 0 Å².